The third-order valence-electron chi connectivity index (χ3n) is 6.60. The minimum absolute atomic E-state index is 0.205. The first kappa shape index (κ1) is 20.5. The van der Waals surface area contributed by atoms with Gasteiger partial charge in [0, 0.05) is 26.3 Å². The van der Waals surface area contributed by atoms with Crippen LogP contribution in [0.3, 0.4) is 0 Å². The molecule has 33 heavy (non-hydrogen) atoms. The van der Waals surface area contributed by atoms with Crippen LogP contribution in [-0.2, 0) is 16.1 Å². The SMILES string of the molecule is c1ccc2[nH]c(N(C[C@@H]3CCCO3)Cn3c(NC[C@H]4CCCO4)nc4ccccc43)nc2c1. The van der Waals surface area contributed by atoms with E-state index in [0.29, 0.717) is 6.67 Å². The summed E-state index contributed by atoms with van der Waals surface area (Å²) in [6, 6.07) is 16.5. The summed E-state index contributed by atoms with van der Waals surface area (Å²) in [4.78, 5) is 15.6. The number of aromatic amines is 1. The fourth-order valence-electron chi connectivity index (χ4n) is 4.87. The van der Waals surface area contributed by atoms with Crippen molar-refractivity contribution in [3.63, 3.8) is 0 Å². The number of hydrogen-bond acceptors (Lipinski definition) is 6. The van der Waals surface area contributed by atoms with Crippen LogP contribution < -0.4 is 10.2 Å². The molecule has 0 bridgehead atoms. The zero-order valence-corrected chi connectivity index (χ0v) is 18.7. The second-order valence-electron chi connectivity index (χ2n) is 8.94. The normalized spacial score (nSPS) is 20.7. The van der Waals surface area contributed by atoms with Gasteiger partial charge in [-0.05, 0) is 49.9 Å². The lowest BCUT2D eigenvalue weighted by Crippen LogP contribution is -2.35. The quantitative estimate of drug-likeness (QED) is 0.423. The van der Waals surface area contributed by atoms with Crippen molar-refractivity contribution in [3.8, 4) is 0 Å². The van der Waals surface area contributed by atoms with Crippen LogP contribution in [-0.4, -0.2) is 58.0 Å². The molecular formula is C25H30N6O2. The van der Waals surface area contributed by atoms with Gasteiger partial charge in [-0.15, -0.1) is 0 Å². The number of para-hydroxylation sites is 4. The molecule has 2 atom stereocenters. The Balaban J connectivity index is 1.34. The van der Waals surface area contributed by atoms with Crippen LogP contribution in [0.4, 0.5) is 11.9 Å². The summed E-state index contributed by atoms with van der Waals surface area (Å²) in [6.07, 6.45) is 4.86. The van der Waals surface area contributed by atoms with E-state index in [4.69, 9.17) is 19.4 Å². The highest BCUT2D eigenvalue weighted by atomic mass is 16.5. The molecule has 2 aromatic heterocycles. The van der Waals surface area contributed by atoms with Gasteiger partial charge in [0.1, 0.15) is 6.67 Å². The maximum Gasteiger partial charge on any atom is 0.205 e. The zero-order valence-electron chi connectivity index (χ0n) is 18.7. The average molecular weight is 447 g/mol. The smallest absolute Gasteiger partial charge is 0.205 e. The lowest BCUT2D eigenvalue weighted by atomic mass is 10.2. The minimum atomic E-state index is 0.205. The molecule has 2 aliphatic rings. The standard InChI is InChI=1S/C25H30N6O2/c1-2-10-21-20(9-1)27-25(28-21)30(16-19-8-6-14-33-19)17-31-23-12-4-3-11-22(23)29-24(31)26-15-18-7-5-13-32-18/h1-4,9-12,18-19H,5-8,13-17H2,(H,26,29)(H,27,28)/t18-,19+/m1/s1. The predicted octanol–water partition coefficient (Wildman–Crippen LogP) is 4.15. The van der Waals surface area contributed by atoms with Crippen molar-refractivity contribution < 1.29 is 9.47 Å². The number of hydrogen-bond donors (Lipinski definition) is 2. The Labute approximate surface area is 192 Å². The van der Waals surface area contributed by atoms with E-state index >= 15 is 0 Å². The monoisotopic (exact) mass is 446 g/mol. The molecule has 2 aliphatic heterocycles. The van der Waals surface area contributed by atoms with Crippen LogP contribution in [0.15, 0.2) is 48.5 Å². The predicted molar refractivity (Wildman–Crippen MR) is 130 cm³/mol. The van der Waals surface area contributed by atoms with E-state index in [0.717, 1.165) is 86.0 Å². The highest BCUT2D eigenvalue weighted by molar-refractivity contribution is 5.79. The zero-order chi connectivity index (χ0) is 22.0. The molecule has 0 radical (unpaired) electrons. The first-order valence-electron chi connectivity index (χ1n) is 12.0. The van der Waals surface area contributed by atoms with Gasteiger partial charge in [-0.3, -0.25) is 4.57 Å². The maximum atomic E-state index is 5.99. The Bertz CT molecular complexity index is 1190. The molecular weight excluding hydrogens is 416 g/mol. The third-order valence-corrected chi connectivity index (χ3v) is 6.60. The molecule has 2 saturated heterocycles. The molecule has 0 aliphatic carbocycles. The Hall–Kier alpha value is -3.10. The van der Waals surface area contributed by atoms with E-state index in [1.54, 1.807) is 0 Å². The Morgan fingerprint density at radius 2 is 1.70 bits per heavy atom. The Morgan fingerprint density at radius 1 is 0.939 bits per heavy atom. The summed E-state index contributed by atoms with van der Waals surface area (Å²) < 4.78 is 14.1. The molecule has 4 aromatic rings. The van der Waals surface area contributed by atoms with E-state index in [2.05, 4.69) is 44.0 Å². The second kappa shape index (κ2) is 9.03. The number of imidazole rings is 2. The van der Waals surface area contributed by atoms with Crippen LogP contribution in [0, 0.1) is 0 Å². The van der Waals surface area contributed by atoms with Gasteiger partial charge in [-0.2, -0.15) is 0 Å². The van der Waals surface area contributed by atoms with Crippen LogP contribution in [0.1, 0.15) is 25.7 Å². The van der Waals surface area contributed by atoms with Gasteiger partial charge in [-0.25, -0.2) is 9.97 Å². The number of nitrogens with one attached hydrogen (secondary N) is 2. The van der Waals surface area contributed by atoms with Gasteiger partial charge in [0.25, 0.3) is 0 Å². The summed E-state index contributed by atoms with van der Waals surface area (Å²) in [5, 5.41) is 3.56. The fraction of sp³-hybridized carbons (Fsp3) is 0.440. The Morgan fingerprint density at radius 3 is 2.48 bits per heavy atom. The molecule has 8 nitrogen and oxygen atoms in total. The summed E-state index contributed by atoms with van der Waals surface area (Å²) in [6.45, 7) is 3.84. The van der Waals surface area contributed by atoms with Gasteiger partial charge in [0.2, 0.25) is 11.9 Å². The summed E-state index contributed by atoms with van der Waals surface area (Å²) in [5.74, 6) is 1.72. The lowest BCUT2D eigenvalue weighted by molar-refractivity contribution is 0.114. The van der Waals surface area contributed by atoms with Crippen molar-refractivity contribution in [3.05, 3.63) is 48.5 Å². The fourth-order valence-corrected chi connectivity index (χ4v) is 4.87. The van der Waals surface area contributed by atoms with Crippen molar-refractivity contribution in [2.24, 2.45) is 0 Å². The van der Waals surface area contributed by atoms with Crippen molar-refractivity contribution in [1.82, 2.24) is 19.5 Å². The van der Waals surface area contributed by atoms with Gasteiger partial charge in [0.15, 0.2) is 0 Å². The van der Waals surface area contributed by atoms with E-state index < -0.39 is 0 Å². The molecule has 8 heteroatoms. The molecule has 0 amide bonds. The first-order valence-corrected chi connectivity index (χ1v) is 12.0. The highest BCUT2D eigenvalue weighted by Gasteiger charge is 2.24. The molecule has 2 aromatic carbocycles. The van der Waals surface area contributed by atoms with Gasteiger partial charge < -0.3 is 24.7 Å². The molecule has 0 unspecified atom stereocenters. The van der Waals surface area contributed by atoms with Crippen molar-refractivity contribution in [2.45, 2.75) is 44.6 Å². The number of benzene rings is 2. The number of fused-ring (bicyclic) bond motifs is 2. The molecule has 2 fully saturated rings. The average Bonchev–Trinajstić information content (AvgIpc) is 3.64. The lowest BCUT2D eigenvalue weighted by Gasteiger charge is -2.26. The summed E-state index contributed by atoms with van der Waals surface area (Å²) in [7, 11) is 0. The molecule has 0 spiro atoms. The molecule has 172 valence electrons. The van der Waals surface area contributed by atoms with Gasteiger partial charge in [0.05, 0.1) is 34.3 Å². The maximum absolute atomic E-state index is 5.99. The third kappa shape index (κ3) is 4.28. The van der Waals surface area contributed by atoms with Crippen LogP contribution >= 0.6 is 0 Å². The minimum Gasteiger partial charge on any atom is -0.376 e. The van der Waals surface area contributed by atoms with E-state index in [9.17, 15) is 0 Å². The second-order valence-corrected chi connectivity index (χ2v) is 8.94. The largest absolute Gasteiger partial charge is 0.376 e. The van der Waals surface area contributed by atoms with Gasteiger partial charge in [-0.1, -0.05) is 24.3 Å². The molecule has 2 N–H and O–H groups in total. The molecule has 0 saturated carbocycles. The van der Waals surface area contributed by atoms with Crippen LogP contribution in [0.2, 0.25) is 0 Å². The first-order chi connectivity index (χ1) is 16.3. The number of nitrogens with zero attached hydrogens (tertiary/aromatic N) is 4. The number of aromatic nitrogens is 4. The summed E-state index contributed by atoms with van der Waals surface area (Å²) in [5.41, 5.74) is 4.09. The Kier molecular flexibility index (Phi) is 5.61. The van der Waals surface area contributed by atoms with Crippen molar-refractivity contribution >= 4 is 34.0 Å². The number of rotatable bonds is 8. The van der Waals surface area contributed by atoms with Crippen molar-refractivity contribution in [2.75, 3.05) is 36.5 Å². The van der Waals surface area contributed by atoms with Crippen LogP contribution in [0.25, 0.3) is 22.1 Å². The number of H-pyrrole nitrogens is 1. The molecule has 4 heterocycles. The van der Waals surface area contributed by atoms with E-state index in [1.807, 2.05) is 24.3 Å². The van der Waals surface area contributed by atoms with E-state index in [1.165, 1.54) is 0 Å². The van der Waals surface area contributed by atoms with Crippen LogP contribution in [0.5, 0.6) is 0 Å². The molecule has 6 rings (SSSR count). The van der Waals surface area contributed by atoms with E-state index in [-0.39, 0.29) is 12.2 Å². The highest BCUT2D eigenvalue weighted by Crippen LogP contribution is 2.25. The van der Waals surface area contributed by atoms with Crippen molar-refractivity contribution in [1.29, 1.82) is 0 Å². The topological polar surface area (TPSA) is 80.2 Å². The summed E-state index contributed by atoms with van der Waals surface area (Å²) >= 11 is 0. The number of anilines is 2. The van der Waals surface area contributed by atoms with Gasteiger partial charge >= 0.3 is 0 Å². The number of ether oxygens (including phenoxy) is 2.